The number of hydrogen-bond donors (Lipinski definition) is 1. The van der Waals surface area contributed by atoms with Gasteiger partial charge in [-0.05, 0) is 69.5 Å². The molecule has 0 bridgehead atoms. The van der Waals surface area contributed by atoms with Gasteiger partial charge < -0.3 is 24.4 Å². The van der Waals surface area contributed by atoms with Crippen LogP contribution in [-0.4, -0.2) is 49.6 Å². The minimum Gasteiger partial charge on any atom is -0.497 e. The van der Waals surface area contributed by atoms with Crippen LogP contribution in [0, 0.1) is 0 Å². The predicted molar refractivity (Wildman–Crippen MR) is 129 cm³/mol. The molecule has 0 heterocycles. The Labute approximate surface area is 197 Å². The maximum absolute atomic E-state index is 13.2. The molecule has 0 aliphatic rings. The fraction of sp³-hybridized carbons (Fsp3) is 0.462. The van der Waals surface area contributed by atoms with E-state index in [2.05, 4.69) is 5.32 Å². The van der Waals surface area contributed by atoms with Gasteiger partial charge in [0, 0.05) is 19.5 Å². The molecule has 7 nitrogen and oxygen atoms in total. The van der Waals surface area contributed by atoms with Crippen molar-refractivity contribution in [2.75, 3.05) is 26.9 Å². The van der Waals surface area contributed by atoms with Crippen molar-refractivity contribution in [3.8, 4) is 17.2 Å². The molecule has 0 aliphatic carbocycles. The number of aryl methyl sites for hydroxylation is 1. The molecule has 7 heteroatoms. The van der Waals surface area contributed by atoms with Crippen LogP contribution in [0.4, 0.5) is 0 Å². The Morgan fingerprint density at radius 3 is 2.18 bits per heavy atom. The van der Waals surface area contributed by atoms with Gasteiger partial charge in [-0.3, -0.25) is 9.59 Å². The van der Waals surface area contributed by atoms with E-state index in [1.54, 1.807) is 18.9 Å². The van der Waals surface area contributed by atoms with Gasteiger partial charge in [-0.15, -0.1) is 0 Å². The van der Waals surface area contributed by atoms with Crippen LogP contribution in [0.1, 0.15) is 45.2 Å². The largest absolute Gasteiger partial charge is 0.497 e. The Morgan fingerprint density at radius 2 is 1.58 bits per heavy atom. The number of carbonyl (C=O) groups excluding carboxylic acids is 2. The number of nitrogens with zero attached hydrogens (tertiary/aromatic N) is 1. The minimum atomic E-state index is -0.584. The monoisotopic (exact) mass is 456 g/mol. The first-order chi connectivity index (χ1) is 15.9. The molecule has 0 radical (unpaired) electrons. The molecule has 0 unspecified atom stereocenters. The van der Waals surface area contributed by atoms with E-state index in [0.29, 0.717) is 44.2 Å². The molecular weight excluding hydrogens is 420 g/mol. The van der Waals surface area contributed by atoms with Gasteiger partial charge in [-0.2, -0.15) is 0 Å². The number of ether oxygens (including phenoxy) is 3. The van der Waals surface area contributed by atoms with Crippen molar-refractivity contribution in [3.05, 3.63) is 53.6 Å². The predicted octanol–water partition coefficient (Wildman–Crippen LogP) is 3.98. The zero-order valence-electron chi connectivity index (χ0n) is 20.3. The van der Waals surface area contributed by atoms with Crippen LogP contribution in [0.15, 0.2) is 42.5 Å². The first-order valence-electron chi connectivity index (χ1n) is 11.5. The second kappa shape index (κ2) is 13.4. The molecule has 2 amide bonds. The van der Waals surface area contributed by atoms with Gasteiger partial charge in [0.25, 0.3) is 0 Å². The highest BCUT2D eigenvalue weighted by atomic mass is 16.5. The number of nitrogens with one attached hydrogen (secondary N) is 1. The van der Waals surface area contributed by atoms with Gasteiger partial charge in [0.1, 0.15) is 11.8 Å². The fourth-order valence-corrected chi connectivity index (χ4v) is 3.48. The average molecular weight is 457 g/mol. The highest BCUT2D eigenvalue weighted by Gasteiger charge is 2.25. The molecule has 0 aromatic heterocycles. The summed E-state index contributed by atoms with van der Waals surface area (Å²) in [6.07, 6.45) is 0.811. The third kappa shape index (κ3) is 7.70. The lowest BCUT2D eigenvalue weighted by molar-refractivity contribution is -0.140. The maximum Gasteiger partial charge on any atom is 0.242 e. The lowest BCUT2D eigenvalue weighted by atomic mass is 10.1. The van der Waals surface area contributed by atoms with E-state index in [0.717, 1.165) is 16.9 Å². The van der Waals surface area contributed by atoms with Crippen molar-refractivity contribution in [3.63, 3.8) is 0 Å². The number of carbonyl (C=O) groups is 2. The normalized spacial score (nSPS) is 11.4. The van der Waals surface area contributed by atoms with Gasteiger partial charge >= 0.3 is 0 Å². The molecule has 0 fully saturated rings. The van der Waals surface area contributed by atoms with Gasteiger partial charge in [0.05, 0.1) is 20.3 Å². The summed E-state index contributed by atoms with van der Waals surface area (Å²) >= 11 is 0. The summed E-state index contributed by atoms with van der Waals surface area (Å²) in [6.45, 7) is 9.41. The second-order valence-corrected chi connectivity index (χ2v) is 7.59. The van der Waals surface area contributed by atoms with Crippen LogP contribution in [-0.2, 0) is 22.6 Å². The molecule has 2 aromatic rings. The molecule has 180 valence electrons. The van der Waals surface area contributed by atoms with Gasteiger partial charge in [0.15, 0.2) is 11.5 Å². The highest BCUT2D eigenvalue weighted by molar-refractivity contribution is 5.87. The highest BCUT2D eigenvalue weighted by Crippen LogP contribution is 2.29. The van der Waals surface area contributed by atoms with Crippen LogP contribution in [0.3, 0.4) is 0 Å². The fourth-order valence-electron chi connectivity index (χ4n) is 3.48. The molecule has 1 N–H and O–H groups in total. The van der Waals surface area contributed by atoms with Gasteiger partial charge in [-0.25, -0.2) is 0 Å². The number of methoxy groups -OCH3 is 1. The summed E-state index contributed by atoms with van der Waals surface area (Å²) < 4.78 is 16.5. The Balaban J connectivity index is 2.16. The van der Waals surface area contributed by atoms with Crippen molar-refractivity contribution in [2.24, 2.45) is 0 Å². The smallest absolute Gasteiger partial charge is 0.242 e. The molecular formula is C26H36N2O5. The molecule has 0 saturated carbocycles. The molecule has 1 atom stereocenters. The summed E-state index contributed by atoms with van der Waals surface area (Å²) in [5, 5.41) is 2.81. The van der Waals surface area contributed by atoms with Crippen molar-refractivity contribution in [2.45, 2.75) is 53.1 Å². The first-order valence-corrected chi connectivity index (χ1v) is 11.5. The van der Waals surface area contributed by atoms with Crippen LogP contribution in [0.25, 0.3) is 0 Å². The maximum atomic E-state index is 13.2. The Morgan fingerprint density at radius 1 is 0.939 bits per heavy atom. The lowest BCUT2D eigenvalue weighted by Crippen LogP contribution is -2.47. The van der Waals surface area contributed by atoms with E-state index < -0.39 is 6.04 Å². The Hall–Kier alpha value is -3.22. The van der Waals surface area contributed by atoms with Crippen LogP contribution >= 0.6 is 0 Å². The summed E-state index contributed by atoms with van der Waals surface area (Å²) in [7, 11) is 1.61. The average Bonchev–Trinajstić information content (AvgIpc) is 2.82. The lowest BCUT2D eigenvalue weighted by Gasteiger charge is -2.29. The molecule has 0 spiro atoms. The first kappa shape index (κ1) is 26.0. The van der Waals surface area contributed by atoms with Gasteiger partial charge in [-0.1, -0.05) is 18.2 Å². The molecule has 2 aromatic carbocycles. The zero-order chi connectivity index (χ0) is 24.2. The summed E-state index contributed by atoms with van der Waals surface area (Å²) in [5.41, 5.74) is 1.91. The van der Waals surface area contributed by atoms with E-state index >= 15 is 0 Å². The number of rotatable bonds is 13. The summed E-state index contributed by atoms with van der Waals surface area (Å²) in [5.74, 6) is 1.86. The van der Waals surface area contributed by atoms with Crippen LogP contribution in [0.2, 0.25) is 0 Å². The molecule has 33 heavy (non-hydrogen) atoms. The van der Waals surface area contributed by atoms with E-state index in [1.807, 2.05) is 63.2 Å². The standard InChI is InChI=1S/C26H36N2O5/c1-6-27-26(30)19(4)28(18-21-9-13-22(31-5)14-10-21)25(29)16-12-20-11-15-23(32-7-2)24(17-20)33-8-3/h9-11,13-15,17,19H,6-8,12,16,18H2,1-5H3,(H,27,30)/t19-/m0/s1. The molecule has 0 saturated heterocycles. The van der Waals surface area contributed by atoms with E-state index in [-0.39, 0.29) is 18.2 Å². The Kier molecular flexibility index (Phi) is 10.5. The number of benzene rings is 2. The molecule has 0 aliphatic heterocycles. The quantitative estimate of drug-likeness (QED) is 0.493. The topological polar surface area (TPSA) is 77.1 Å². The number of likely N-dealkylation sites (N-methyl/N-ethyl adjacent to an activating group) is 1. The minimum absolute atomic E-state index is 0.0867. The van der Waals surface area contributed by atoms with E-state index in [1.165, 1.54) is 0 Å². The van der Waals surface area contributed by atoms with E-state index in [9.17, 15) is 9.59 Å². The summed E-state index contributed by atoms with van der Waals surface area (Å²) in [6, 6.07) is 12.7. The van der Waals surface area contributed by atoms with Crippen LogP contribution < -0.4 is 19.5 Å². The summed E-state index contributed by atoms with van der Waals surface area (Å²) in [4.78, 5) is 27.4. The van der Waals surface area contributed by atoms with E-state index in [4.69, 9.17) is 14.2 Å². The second-order valence-electron chi connectivity index (χ2n) is 7.59. The molecule has 2 rings (SSSR count). The SMILES string of the molecule is CCNC(=O)[C@H](C)N(Cc1ccc(OC)cc1)C(=O)CCc1ccc(OCC)c(OCC)c1. The van der Waals surface area contributed by atoms with Gasteiger partial charge in [0.2, 0.25) is 11.8 Å². The number of amides is 2. The third-order valence-electron chi connectivity index (χ3n) is 5.27. The third-order valence-corrected chi connectivity index (χ3v) is 5.27. The van der Waals surface area contributed by atoms with Crippen molar-refractivity contribution < 1.29 is 23.8 Å². The number of hydrogen-bond acceptors (Lipinski definition) is 5. The van der Waals surface area contributed by atoms with Crippen molar-refractivity contribution in [1.29, 1.82) is 0 Å². The van der Waals surface area contributed by atoms with Crippen molar-refractivity contribution >= 4 is 11.8 Å². The Bertz CT molecular complexity index is 898. The zero-order valence-corrected chi connectivity index (χ0v) is 20.3. The van der Waals surface area contributed by atoms with Crippen LogP contribution in [0.5, 0.6) is 17.2 Å². The van der Waals surface area contributed by atoms with Crippen molar-refractivity contribution in [1.82, 2.24) is 10.2 Å².